The summed E-state index contributed by atoms with van der Waals surface area (Å²) in [5, 5.41) is 3.63. The van der Waals surface area contributed by atoms with Crippen molar-refractivity contribution < 1.29 is 22.7 Å². The fourth-order valence-corrected chi connectivity index (χ4v) is 5.45. The molecule has 2 amide bonds. The van der Waals surface area contributed by atoms with Crippen molar-refractivity contribution in [3.05, 3.63) is 94.0 Å². The Morgan fingerprint density at radius 1 is 0.976 bits per heavy atom. The summed E-state index contributed by atoms with van der Waals surface area (Å²) in [5.74, 6) is -0.548. The average Bonchev–Trinajstić information content (AvgIpc) is 2.93. The van der Waals surface area contributed by atoms with E-state index in [0.717, 1.165) is 16.1 Å². The van der Waals surface area contributed by atoms with Crippen molar-refractivity contribution in [2.24, 2.45) is 5.92 Å². The molecule has 1 atom stereocenters. The van der Waals surface area contributed by atoms with Crippen LogP contribution in [0.4, 0.5) is 5.69 Å². The SMILES string of the molecule is COc1ccc(Cl)cc1N(CC(=O)N(Cc1ccccc1Cl)C(Cc1ccccc1)C(=O)NCC(C)C)S(C)(=O)=O. The zero-order chi connectivity index (χ0) is 30.2. The van der Waals surface area contributed by atoms with Crippen LogP contribution in [-0.4, -0.2) is 57.6 Å². The van der Waals surface area contributed by atoms with Gasteiger partial charge in [-0.25, -0.2) is 8.42 Å². The largest absolute Gasteiger partial charge is 0.495 e. The van der Waals surface area contributed by atoms with E-state index in [0.29, 0.717) is 17.1 Å². The molecule has 0 saturated heterocycles. The van der Waals surface area contributed by atoms with Crippen LogP contribution in [-0.2, 0) is 32.6 Å². The van der Waals surface area contributed by atoms with Crippen molar-refractivity contribution >= 4 is 50.7 Å². The Hall–Kier alpha value is -3.27. The van der Waals surface area contributed by atoms with E-state index in [4.69, 9.17) is 27.9 Å². The highest BCUT2D eigenvalue weighted by Gasteiger charge is 2.34. The Morgan fingerprint density at radius 2 is 1.63 bits per heavy atom. The Bertz CT molecular complexity index is 1450. The highest BCUT2D eigenvalue weighted by molar-refractivity contribution is 7.92. The number of rotatable bonds is 13. The quantitative estimate of drug-likeness (QED) is 0.284. The second-order valence-corrected chi connectivity index (χ2v) is 12.8. The lowest BCUT2D eigenvalue weighted by molar-refractivity contribution is -0.140. The number of amides is 2. The third-order valence-electron chi connectivity index (χ3n) is 6.34. The summed E-state index contributed by atoms with van der Waals surface area (Å²) in [7, 11) is -2.59. The fourth-order valence-electron chi connectivity index (χ4n) is 4.24. The number of nitrogens with one attached hydrogen (secondary N) is 1. The molecular weight excluding hydrogens is 585 g/mol. The van der Waals surface area contributed by atoms with Crippen LogP contribution < -0.4 is 14.4 Å². The fraction of sp³-hybridized carbons (Fsp3) is 0.333. The van der Waals surface area contributed by atoms with Gasteiger partial charge in [-0.3, -0.25) is 13.9 Å². The lowest BCUT2D eigenvalue weighted by atomic mass is 10.0. The van der Waals surface area contributed by atoms with Gasteiger partial charge in [0.15, 0.2) is 0 Å². The van der Waals surface area contributed by atoms with Gasteiger partial charge in [0.25, 0.3) is 0 Å². The predicted molar refractivity (Wildman–Crippen MR) is 164 cm³/mol. The van der Waals surface area contributed by atoms with Gasteiger partial charge in [-0.2, -0.15) is 0 Å². The van der Waals surface area contributed by atoms with Crippen molar-refractivity contribution in [2.45, 2.75) is 32.9 Å². The summed E-state index contributed by atoms with van der Waals surface area (Å²) in [6.45, 7) is 3.74. The summed E-state index contributed by atoms with van der Waals surface area (Å²) in [6, 6.07) is 19.9. The van der Waals surface area contributed by atoms with Crippen LogP contribution >= 0.6 is 23.2 Å². The maximum Gasteiger partial charge on any atom is 0.244 e. The van der Waals surface area contributed by atoms with Gasteiger partial charge in [0, 0.05) is 29.6 Å². The van der Waals surface area contributed by atoms with Crippen LogP contribution in [0.25, 0.3) is 0 Å². The number of anilines is 1. The molecule has 0 spiro atoms. The Labute approximate surface area is 252 Å². The van der Waals surface area contributed by atoms with Gasteiger partial charge < -0.3 is 15.0 Å². The second-order valence-electron chi connectivity index (χ2n) is 10.0. The highest BCUT2D eigenvalue weighted by atomic mass is 35.5. The third kappa shape index (κ3) is 9.11. The number of halogens is 2. The van der Waals surface area contributed by atoms with Crippen molar-refractivity contribution in [3.63, 3.8) is 0 Å². The summed E-state index contributed by atoms with van der Waals surface area (Å²) < 4.78 is 32.3. The Balaban J connectivity index is 2.10. The molecule has 41 heavy (non-hydrogen) atoms. The predicted octanol–water partition coefficient (Wildman–Crippen LogP) is 5.18. The number of hydrogen-bond donors (Lipinski definition) is 1. The van der Waals surface area contributed by atoms with Crippen LogP contribution in [0, 0.1) is 5.92 Å². The van der Waals surface area contributed by atoms with Gasteiger partial charge in [-0.05, 0) is 41.3 Å². The number of ether oxygens (including phenoxy) is 1. The number of carbonyl (C=O) groups is 2. The van der Waals surface area contributed by atoms with E-state index in [2.05, 4.69) is 5.32 Å². The first kappa shape index (κ1) is 32.2. The molecule has 8 nitrogen and oxygen atoms in total. The molecule has 1 N–H and O–H groups in total. The van der Waals surface area contributed by atoms with E-state index in [1.165, 1.54) is 24.1 Å². The van der Waals surface area contributed by atoms with E-state index in [1.54, 1.807) is 30.3 Å². The van der Waals surface area contributed by atoms with Crippen LogP contribution in [0.1, 0.15) is 25.0 Å². The van der Waals surface area contributed by atoms with Gasteiger partial charge in [0.05, 0.1) is 19.1 Å². The lowest BCUT2D eigenvalue weighted by Crippen LogP contribution is -2.53. The highest BCUT2D eigenvalue weighted by Crippen LogP contribution is 2.33. The van der Waals surface area contributed by atoms with Crippen molar-refractivity contribution in [1.82, 2.24) is 10.2 Å². The topological polar surface area (TPSA) is 96.0 Å². The van der Waals surface area contributed by atoms with Crippen LogP contribution in [0.2, 0.25) is 10.0 Å². The summed E-state index contributed by atoms with van der Waals surface area (Å²) in [5.41, 5.74) is 1.56. The molecule has 0 saturated carbocycles. The Morgan fingerprint density at radius 3 is 2.24 bits per heavy atom. The van der Waals surface area contributed by atoms with Gasteiger partial charge >= 0.3 is 0 Å². The standard InChI is InChI=1S/C30H35Cl2N3O5S/c1-21(2)18-33-30(37)27(16-22-10-6-5-7-11-22)34(19-23-12-8-9-13-25(23)32)29(36)20-35(41(4,38)39)26-17-24(31)14-15-28(26)40-3/h5-15,17,21,27H,16,18-20H2,1-4H3,(H,33,37). The molecule has 220 valence electrons. The summed E-state index contributed by atoms with van der Waals surface area (Å²) >= 11 is 12.7. The maximum absolute atomic E-state index is 14.2. The van der Waals surface area contributed by atoms with Crippen molar-refractivity contribution in [3.8, 4) is 5.75 Å². The molecule has 0 heterocycles. The summed E-state index contributed by atoms with van der Waals surface area (Å²) in [6.07, 6.45) is 1.20. The molecule has 0 fully saturated rings. The molecule has 1 unspecified atom stereocenters. The number of nitrogens with zero attached hydrogens (tertiary/aromatic N) is 2. The zero-order valence-corrected chi connectivity index (χ0v) is 25.8. The van der Waals surface area contributed by atoms with Crippen molar-refractivity contribution in [2.75, 3.05) is 30.8 Å². The first-order valence-corrected chi connectivity index (χ1v) is 15.7. The van der Waals surface area contributed by atoms with E-state index >= 15 is 0 Å². The first-order valence-electron chi connectivity index (χ1n) is 13.1. The van der Waals surface area contributed by atoms with Gasteiger partial charge in [0.1, 0.15) is 18.3 Å². The van der Waals surface area contributed by atoms with E-state index in [1.807, 2.05) is 44.2 Å². The number of carbonyl (C=O) groups excluding carboxylic acids is 2. The van der Waals surface area contributed by atoms with Gasteiger partial charge in [-0.1, -0.05) is 85.6 Å². The van der Waals surface area contributed by atoms with Crippen LogP contribution in [0.15, 0.2) is 72.8 Å². The molecule has 0 aliphatic heterocycles. The van der Waals surface area contributed by atoms with Crippen LogP contribution in [0.5, 0.6) is 5.75 Å². The molecular formula is C30H35Cl2N3O5S. The monoisotopic (exact) mass is 619 g/mol. The van der Waals surface area contributed by atoms with Crippen LogP contribution in [0.3, 0.4) is 0 Å². The molecule has 3 aromatic rings. The molecule has 3 aromatic carbocycles. The zero-order valence-electron chi connectivity index (χ0n) is 23.5. The molecule has 3 rings (SSSR count). The minimum absolute atomic E-state index is 0.0185. The minimum atomic E-state index is -3.98. The van der Waals surface area contributed by atoms with E-state index in [-0.39, 0.29) is 41.3 Å². The molecule has 0 aromatic heterocycles. The van der Waals surface area contributed by atoms with E-state index < -0.39 is 28.5 Å². The summed E-state index contributed by atoms with van der Waals surface area (Å²) in [4.78, 5) is 29.2. The molecule has 0 radical (unpaired) electrons. The average molecular weight is 621 g/mol. The number of hydrogen-bond acceptors (Lipinski definition) is 5. The number of methoxy groups -OCH3 is 1. The minimum Gasteiger partial charge on any atom is -0.495 e. The Kier molecular flexibility index (Phi) is 11.5. The molecule has 0 aliphatic carbocycles. The molecule has 11 heteroatoms. The third-order valence-corrected chi connectivity index (χ3v) is 8.07. The first-order chi connectivity index (χ1) is 19.4. The molecule has 0 bridgehead atoms. The smallest absolute Gasteiger partial charge is 0.244 e. The molecule has 0 aliphatic rings. The lowest BCUT2D eigenvalue weighted by Gasteiger charge is -2.34. The van der Waals surface area contributed by atoms with Gasteiger partial charge in [0.2, 0.25) is 21.8 Å². The van der Waals surface area contributed by atoms with Crippen molar-refractivity contribution in [1.29, 1.82) is 0 Å². The van der Waals surface area contributed by atoms with E-state index in [9.17, 15) is 18.0 Å². The normalized spacial score (nSPS) is 12.1. The number of benzene rings is 3. The number of sulfonamides is 1. The second kappa shape index (κ2) is 14.6. The van der Waals surface area contributed by atoms with Gasteiger partial charge in [-0.15, -0.1) is 0 Å². The maximum atomic E-state index is 14.2.